The molecule has 0 amide bonds. The second-order valence-corrected chi connectivity index (χ2v) is 6.15. The molecule has 0 spiro atoms. The van der Waals surface area contributed by atoms with E-state index in [0.717, 1.165) is 24.8 Å². The minimum atomic E-state index is -1.29. The molecule has 0 bridgehead atoms. The van der Waals surface area contributed by atoms with Crippen molar-refractivity contribution in [2.24, 2.45) is 5.73 Å². The molecule has 0 saturated heterocycles. The number of ether oxygens (including phenoxy) is 1. The predicted molar refractivity (Wildman–Crippen MR) is 96.0 cm³/mol. The third-order valence-corrected chi connectivity index (χ3v) is 4.22. The molecule has 1 aliphatic carbocycles. The Morgan fingerprint density at radius 1 is 1.35 bits per heavy atom. The van der Waals surface area contributed by atoms with Gasteiger partial charge >= 0.3 is 11.9 Å². The number of benzene rings is 1. The molecule has 2 rings (SSSR count). The molecule has 8 heteroatoms. The third kappa shape index (κ3) is 6.50. The van der Waals surface area contributed by atoms with Crippen molar-refractivity contribution in [1.82, 2.24) is 0 Å². The number of hydrogen-bond donors (Lipinski definition) is 3. The molecular formula is C18H22ClNO6. The van der Waals surface area contributed by atoms with E-state index in [0.29, 0.717) is 5.02 Å². The second kappa shape index (κ2) is 10.6. The van der Waals surface area contributed by atoms with Gasteiger partial charge in [-0.15, -0.1) is 0 Å². The lowest BCUT2D eigenvalue weighted by atomic mass is 9.81. The molecule has 0 aromatic heterocycles. The Morgan fingerprint density at radius 3 is 2.50 bits per heavy atom. The smallest absolute Gasteiger partial charge is 0.321 e. The van der Waals surface area contributed by atoms with Gasteiger partial charge in [0.25, 0.3) is 0 Å². The molecule has 1 unspecified atom stereocenters. The molecule has 3 atom stereocenters. The highest BCUT2D eigenvalue weighted by Crippen LogP contribution is 2.34. The lowest BCUT2D eigenvalue weighted by molar-refractivity contribution is -0.144. The van der Waals surface area contributed by atoms with Crippen molar-refractivity contribution in [3.05, 3.63) is 47.7 Å². The number of carbonyl (C=O) groups excluding carboxylic acids is 1. The minimum Gasteiger partial charge on any atom is -0.491 e. The number of nitrogens with two attached hydrogens (primary N) is 1. The summed E-state index contributed by atoms with van der Waals surface area (Å²) in [6, 6.07) is 6.23. The van der Waals surface area contributed by atoms with Crippen LogP contribution in [0.2, 0.25) is 5.02 Å². The zero-order valence-electron chi connectivity index (χ0n) is 14.1. The number of aliphatic carboxylic acids is 2. The first-order chi connectivity index (χ1) is 12.3. The second-order valence-electron chi connectivity index (χ2n) is 5.74. The summed E-state index contributed by atoms with van der Waals surface area (Å²) in [5.41, 5.74) is 5.75. The first kappa shape index (κ1) is 21.7. The Morgan fingerprint density at radius 2 is 2.00 bits per heavy atom. The summed E-state index contributed by atoms with van der Waals surface area (Å²) >= 11 is 6.13. The first-order valence-electron chi connectivity index (χ1n) is 8.02. The SMILES string of the molecule is C=CO[C@H]1CCCC(c2ccccc2Cl)C1=O.N[C@@H](CC(=O)O)C(=O)O. The highest BCUT2D eigenvalue weighted by atomic mass is 35.5. The van der Waals surface area contributed by atoms with Gasteiger partial charge in [-0.3, -0.25) is 14.4 Å². The van der Waals surface area contributed by atoms with Gasteiger partial charge in [0.2, 0.25) is 0 Å². The van der Waals surface area contributed by atoms with E-state index in [-0.39, 0.29) is 17.8 Å². The number of carboxylic acids is 2. The van der Waals surface area contributed by atoms with Crippen molar-refractivity contribution in [2.45, 2.75) is 43.7 Å². The average Bonchev–Trinajstić information content (AvgIpc) is 2.58. The van der Waals surface area contributed by atoms with Crippen LogP contribution in [0.4, 0.5) is 0 Å². The van der Waals surface area contributed by atoms with Crippen molar-refractivity contribution >= 4 is 29.3 Å². The highest BCUT2D eigenvalue weighted by Gasteiger charge is 2.33. The number of halogens is 1. The van der Waals surface area contributed by atoms with Crippen LogP contribution in [-0.2, 0) is 19.1 Å². The van der Waals surface area contributed by atoms with Gasteiger partial charge in [0.1, 0.15) is 6.04 Å². The van der Waals surface area contributed by atoms with Gasteiger partial charge in [-0.05, 0) is 30.9 Å². The Bertz CT molecular complexity index is 663. The van der Waals surface area contributed by atoms with E-state index < -0.39 is 24.4 Å². The lowest BCUT2D eigenvalue weighted by Gasteiger charge is -2.27. The zero-order chi connectivity index (χ0) is 19.7. The topological polar surface area (TPSA) is 127 Å². The number of hydrogen-bond acceptors (Lipinski definition) is 5. The average molecular weight is 384 g/mol. The summed E-state index contributed by atoms with van der Waals surface area (Å²) in [4.78, 5) is 31.9. The molecule has 142 valence electrons. The molecule has 0 radical (unpaired) electrons. The summed E-state index contributed by atoms with van der Waals surface area (Å²) < 4.78 is 5.26. The van der Waals surface area contributed by atoms with E-state index in [4.69, 9.17) is 32.3 Å². The summed E-state index contributed by atoms with van der Waals surface area (Å²) in [6.45, 7) is 3.50. The number of carbonyl (C=O) groups is 3. The van der Waals surface area contributed by atoms with E-state index >= 15 is 0 Å². The van der Waals surface area contributed by atoms with Crippen LogP contribution in [0, 0.1) is 0 Å². The van der Waals surface area contributed by atoms with Gasteiger partial charge in [0.05, 0.1) is 12.7 Å². The molecule has 7 nitrogen and oxygen atoms in total. The van der Waals surface area contributed by atoms with Crippen LogP contribution in [0.5, 0.6) is 0 Å². The van der Waals surface area contributed by atoms with Crippen molar-refractivity contribution in [2.75, 3.05) is 0 Å². The molecule has 4 N–H and O–H groups in total. The molecule has 1 aromatic rings. The maximum atomic E-state index is 12.2. The van der Waals surface area contributed by atoms with Crippen molar-refractivity contribution < 1.29 is 29.3 Å². The zero-order valence-corrected chi connectivity index (χ0v) is 14.9. The summed E-state index contributed by atoms with van der Waals surface area (Å²) in [6.07, 6.45) is 3.04. The van der Waals surface area contributed by atoms with Crippen LogP contribution in [0.15, 0.2) is 37.1 Å². The molecule has 0 aliphatic heterocycles. The third-order valence-electron chi connectivity index (χ3n) is 3.87. The fourth-order valence-electron chi connectivity index (χ4n) is 2.61. The van der Waals surface area contributed by atoms with E-state index in [1.54, 1.807) is 0 Å². The van der Waals surface area contributed by atoms with E-state index in [9.17, 15) is 14.4 Å². The first-order valence-corrected chi connectivity index (χ1v) is 8.40. The highest BCUT2D eigenvalue weighted by molar-refractivity contribution is 6.31. The van der Waals surface area contributed by atoms with Gasteiger partial charge in [0, 0.05) is 10.9 Å². The van der Waals surface area contributed by atoms with Crippen LogP contribution in [-0.4, -0.2) is 40.1 Å². The molecule has 0 heterocycles. The van der Waals surface area contributed by atoms with Gasteiger partial charge in [-0.25, -0.2) is 0 Å². The molecule has 1 aromatic carbocycles. The van der Waals surface area contributed by atoms with Gasteiger partial charge < -0.3 is 20.7 Å². The molecule has 26 heavy (non-hydrogen) atoms. The van der Waals surface area contributed by atoms with Gasteiger partial charge in [-0.1, -0.05) is 36.4 Å². The maximum absolute atomic E-state index is 12.2. The Labute approximate surface area is 156 Å². The minimum absolute atomic E-state index is 0.115. The van der Waals surface area contributed by atoms with Crippen LogP contribution in [0.25, 0.3) is 0 Å². The number of ketones is 1. The van der Waals surface area contributed by atoms with Crippen LogP contribution in [0.1, 0.15) is 37.2 Å². The van der Waals surface area contributed by atoms with E-state index in [2.05, 4.69) is 6.58 Å². The Kier molecular flexibility index (Phi) is 8.81. The summed E-state index contributed by atoms with van der Waals surface area (Å²) in [7, 11) is 0. The van der Waals surface area contributed by atoms with Gasteiger partial charge in [0.15, 0.2) is 11.9 Å². The lowest BCUT2D eigenvalue weighted by Crippen LogP contribution is -2.32. The van der Waals surface area contributed by atoms with E-state index in [1.807, 2.05) is 24.3 Å². The van der Waals surface area contributed by atoms with Crippen LogP contribution < -0.4 is 5.73 Å². The normalized spacial score (nSPS) is 20.3. The standard InChI is InChI=1S/C14H15ClO2.C4H7NO4/c1-2-17-13-9-5-7-11(14(13)16)10-6-3-4-8-12(10)15;5-2(4(8)9)1-3(6)7/h2-4,6,8,11,13H,1,5,7,9H2;2H,1,5H2,(H,6,7)(H,8,9)/t11?,13-;2-/m00/s1. The predicted octanol–water partition coefficient (Wildman–Crippen LogP) is 2.58. The van der Waals surface area contributed by atoms with Crippen molar-refractivity contribution in [3.63, 3.8) is 0 Å². The van der Waals surface area contributed by atoms with E-state index in [1.165, 1.54) is 6.26 Å². The number of Topliss-reactive ketones (excluding diaryl/α,β-unsaturated/α-hetero) is 1. The Hall–Kier alpha value is -2.38. The Balaban J connectivity index is 0.000000321. The largest absolute Gasteiger partial charge is 0.491 e. The monoisotopic (exact) mass is 383 g/mol. The fourth-order valence-corrected chi connectivity index (χ4v) is 2.88. The molecule has 1 saturated carbocycles. The van der Waals surface area contributed by atoms with Crippen molar-refractivity contribution in [1.29, 1.82) is 0 Å². The quantitative estimate of drug-likeness (QED) is 0.644. The van der Waals surface area contributed by atoms with Crippen LogP contribution in [0.3, 0.4) is 0 Å². The molecular weight excluding hydrogens is 362 g/mol. The fraction of sp³-hybridized carbons (Fsp3) is 0.389. The van der Waals surface area contributed by atoms with Gasteiger partial charge in [-0.2, -0.15) is 0 Å². The van der Waals surface area contributed by atoms with Crippen LogP contribution >= 0.6 is 11.6 Å². The number of rotatable bonds is 6. The molecule has 1 fully saturated rings. The number of carboxylic acid groups (broad SMARTS) is 2. The summed E-state index contributed by atoms with van der Waals surface area (Å²) in [5, 5.41) is 16.7. The maximum Gasteiger partial charge on any atom is 0.321 e. The van der Waals surface area contributed by atoms with Crippen molar-refractivity contribution in [3.8, 4) is 0 Å². The molecule has 1 aliphatic rings. The summed E-state index contributed by atoms with van der Waals surface area (Å²) in [5.74, 6) is -2.52.